The van der Waals surface area contributed by atoms with Gasteiger partial charge in [0.05, 0.1) is 13.0 Å². The van der Waals surface area contributed by atoms with Gasteiger partial charge in [-0.2, -0.15) is 22.0 Å². The van der Waals surface area contributed by atoms with E-state index in [1.807, 2.05) is 0 Å². The third-order valence-electron chi connectivity index (χ3n) is 1.93. The molecule has 0 unspecified atom stereocenters. The number of halogens is 5. The zero-order valence-electron chi connectivity index (χ0n) is 8.83. The third-order valence-corrected chi connectivity index (χ3v) is 1.93. The van der Waals surface area contributed by atoms with Crippen molar-refractivity contribution in [2.45, 2.75) is 31.9 Å². The van der Waals surface area contributed by atoms with Crippen LogP contribution in [0.5, 0.6) is 0 Å². The van der Waals surface area contributed by atoms with Crippen LogP contribution in [-0.4, -0.2) is 18.7 Å². The second kappa shape index (κ2) is 5.32. The summed E-state index contributed by atoms with van der Waals surface area (Å²) in [6.07, 6.45) is -6.47. The molecule has 1 nitrogen and oxygen atoms in total. The van der Waals surface area contributed by atoms with E-state index in [-0.39, 0.29) is 5.76 Å². The van der Waals surface area contributed by atoms with Gasteiger partial charge < -0.3 is 4.74 Å². The molecule has 0 N–H and O–H groups in total. The standard InChI is InChI=1S/C10H13F5O/c1-4-7(2)8(3)16-6-5-9(11,12)10(13,14)15/h2-6H2,1H3. The van der Waals surface area contributed by atoms with Crippen LogP contribution in [0.15, 0.2) is 24.5 Å². The highest BCUT2D eigenvalue weighted by Gasteiger charge is 2.56. The Kier molecular flexibility index (Phi) is 4.96. The van der Waals surface area contributed by atoms with Gasteiger partial charge in [0.1, 0.15) is 5.76 Å². The normalized spacial score (nSPS) is 12.4. The molecular weight excluding hydrogens is 231 g/mol. The van der Waals surface area contributed by atoms with Crippen LogP contribution in [0, 0.1) is 0 Å². The molecule has 0 aromatic carbocycles. The maximum Gasteiger partial charge on any atom is 0.453 e. The molecule has 16 heavy (non-hydrogen) atoms. The third kappa shape index (κ3) is 4.20. The summed E-state index contributed by atoms with van der Waals surface area (Å²) in [4.78, 5) is 0. The highest BCUT2D eigenvalue weighted by Crippen LogP contribution is 2.38. The zero-order chi connectivity index (χ0) is 13.0. The SMILES string of the molecule is C=C(CC)C(=C)OCCC(F)(F)C(F)(F)F. The number of ether oxygens (including phenoxy) is 1. The van der Waals surface area contributed by atoms with Crippen molar-refractivity contribution in [2.75, 3.05) is 6.61 Å². The Bertz CT molecular complexity index is 267. The van der Waals surface area contributed by atoms with E-state index in [0.717, 1.165) is 0 Å². The Hall–Kier alpha value is -1.07. The highest BCUT2D eigenvalue weighted by atomic mass is 19.4. The van der Waals surface area contributed by atoms with E-state index in [1.54, 1.807) is 6.92 Å². The van der Waals surface area contributed by atoms with E-state index >= 15 is 0 Å². The van der Waals surface area contributed by atoms with Crippen molar-refractivity contribution < 1.29 is 26.7 Å². The number of alkyl halides is 5. The maximum absolute atomic E-state index is 12.4. The lowest BCUT2D eigenvalue weighted by Crippen LogP contribution is -2.37. The first-order valence-corrected chi connectivity index (χ1v) is 4.56. The fraction of sp³-hybridized carbons (Fsp3) is 0.600. The molecule has 0 heterocycles. The summed E-state index contributed by atoms with van der Waals surface area (Å²) in [7, 11) is 0. The molecule has 0 aromatic rings. The van der Waals surface area contributed by atoms with Crippen LogP contribution in [0.2, 0.25) is 0 Å². The highest BCUT2D eigenvalue weighted by molar-refractivity contribution is 5.18. The summed E-state index contributed by atoms with van der Waals surface area (Å²) >= 11 is 0. The Morgan fingerprint density at radius 3 is 2.00 bits per heavy atom. The molecule has 0 aliphatic rings. The molecule has 0 bridgehead atoms. The molecule has 0 amide bonds. The molecule has 0 rings (SSSR count). The molecule has 6 heteroatoms. The van der Waals surface area contributed by atoms with E-state index in [2.05, 4.69) is 17.9 Å². The minimum absolute atomic E-state index is 0.0421. The van der Waals surface area contributed by atoms with Gasteiger partial charge in [0.15, 0.2) is 0 Å². The van der Waals surface area contributed by atoms with Gasteiger partial charge in [0, 0.05) is 0 Å². The first kappa shape index (κ1) is 14.9. The summed E-state index contributed by atoms with van der Waals surface area (Å²) in [6.45, 7) is 7.85. The van der Waals surface area contributed by atoms with Crippen molar-refractivity contribution >= 4 is 0 Å². The zero-order valence-corrected chi connectivity index (χ0v) is 8.83. The molecule has 0 aliphatic carbocycles. The average Bonchev–Trinajstić information content (AvgIpc) is 2.14. The number of rotatable bonds is 6. The van der Waals surface area contributed by atoms with Gasteiger partial charge in [-0.3, -0.25) is 0 Å². The largest absolute Gasteiger partial charge is 0.494 e. The molecule has 0 atom stereocenters. The molecule has 0 aromatic heterocycles. The van der Waals surface area contributed by atoms with Crippen molar-refractivity contribution in [3.05, 3.63) is 24.5 Å². The minimum Gasteiger partial charge on any atom is -0.494 e. The van der Waals surface area contributed by atoms with Crippen molar-refractivity contribution in [1.82, 2.24) is 0 Å². The predicted octanol–water partition coefficient (Wildman–Crippen LogP) is 4.07. The number of hydrogen-bond donors (Lipinski definition) is 0. The van der Waals surface area contributed by atoms with Gasteiger partial charge in [-0.25, -0.2) is 0 Å². The van der Waals surface area contributed by atoms with E-state index in [4.69, 9.17) is 0 Å². The molecule has 0 spiro atoms. The quantitative estimate of drug-likeness (QED) is 0.389. The summed E-state index contributed by atoms with van der Waals surface area (Å²) in [6, 6.07) is 0. The molecule has 0 saturated carbocycles. The van der Waals surface area contributed by atoms with Gasteiger partial charge in [-0.1, -0.05) is 20.1 Å². The van der Waals surface area contributed by atoms with Crippen LogP contribution >= 0.6 is 0 Å². The van der Waals surface area contributed by atoms with Crippen LogP contribution in [0.4, 0.5) is 22.0 Å². The number of hydrogen-bond acceptors (Lipinski definition) is 1. The first-order chi connectivity index (χ1) is 7.12. The van der Waals surface area contributed by atoms with Crippen molar-refractivity contribution in [3.63, 3.8) is 0 Å². The molecule has 94 valence electrons. The molecule has 0 aliphatic heterocycles. The van der Waals surface area contributed by atoms with Crippen LogP contribution in [-0.2, 0) is 4.74 Å². The van der Waals surface area contributed by atoms with Crippen LogP contribution in [0.3, 0.4) is 0 Å². The van der Waals surface area contributed by atoms with E-state index < -0.39 is 25.1 Å². The monoisotopic (exact) mass is 244 g/mol. The lowest BCUT2D eigenvalue weighted by Gasteiger charge is -2.20. The first-order valence-electron chi connectivity index (χ1n) is 4.56. The van der Waals surface area contributed by atoms with Gasteiger partial charge in [-0.05, 0) is 12.0 Å². The topological polar surface area (TPSA) is 9.23 Å². The Morgan fingerprint density at radius 1 is 1.12 bits per heavy atom. The second-order valence-electron chi connectivity index (χ2n) is 3.18. The van der Waals surface area contributed by atoms with Gasteiger partial charge in [0.2, 0.25) is 0 Å². The number of allylic oxidation sites excluding steroid dienone is 1. The van der Waals surface area contributed by atoms with Gasteiger partial charge >= 0.3 is 12.1 Å². The molecular formula is C10H13F5O. The van der Waals surface area contributed by atoms with Crippen molar-refractivity contribution in [2.24, 2.45) is 0 Å². The summed E-state index contributed by atoms with van der Waals surface area (Å²) in [5.74, 6) is -4.69. The van der Waals surface area contributed by atoms with Gasteiger partial charge in [0.25, 0.3) is 0 Å². The van der Waals surface area contributed by atoms with E-state index in [9.17, 15) is 22.0 Å². The summed E-state index contributed by atoms with van der Waals surface area (Å²) < 4.78 is 64.7. The fourth-order valence-corrected chi connectivity index (χ4v) is 0.743. The van der Waals surface area contributed by atoms with Gasteiger partial charge in [-0.15, -0.1) is 0 Å². The van der Waals surface area contributed by atoms with Crippen molar-refractivity contribution in [1.29, 1.82) is 0 Å². The fourth-order valence-electron chi connectivity index (χ4n) is 0.743. The molecule has 0 fully saturated rings. The lowest BCUT2D eigenvalue weighted by molar-refractivity contribution is -0.286. The Morgan fingerprint density at radius 2 is 1.62 bits per heavy atom. The molecule has 0 saturated heterocycles. The summed E-state index contributed by atoms with van der Waals surface area (Å²) in [5.41, 5.74) is 0.468. The summed E-state index contributed by atoms with van der Waals surface area (Å²) in [5, 5.41) is 0. The maximum atomic E-state index is 12.4. The van der Waals surface area contributed by atoms with Crippen molar-refractivity contribution in [3.8, 4) is 0 Å². The molecule has 0 radical (unpaired) electrons. The van der Waals surface area contributed by atoms with E-state index in [1.165, 1.54) is 0 Å². The Labute approximate surface area is 90.6 Å². The minimum atomic E-state index is -5.54. The van der Waals surface area contributed by atoms with Crippen LogP contribution in [0.25, 0.3) is 0 Å². The van der Waals surface area contributed by atoms with E-state index in [0.29, 0.717) is 12.0 Å². The smallest absolute Gasteiger partial charge is 0.453 e. The lowest BCUT2D eigenvalue weighted by atomic mass is 10.2. The van der Waals surface area contributed by atoms with Crippen LogP contribution < -0.4 is 0 Å². The Balaban J connectivity index is 4.09. The predicted molar refractivity (Wildman–Crippen MR) is 50.1 cm³/mol. The average molecular weight is 244 g/mol. The second-order valence-corrected chi connectivity index (χ2v) is 3.18. The van der Waals surface area contributed by atoms with Crippen LogP contribution in [0.1, 0.15) is 19.8 Å².